The van der Waals surface area contributed by atoms with Gasteiger partial charge in [-0.05, 0) is 42.7 Å². The number of para-hydroxylation sites is 2. The highest BCUT2D eigenvalue weighted by Crippen LogP contribution is 2.28. The Labute approximate surface area is 183 Å². The Kier molecular flexibility index (Phi) is 5.16. The normalized spacial score (nSPS) is 16.3. The third-order valence-electron chi connectivity index (χ3n) is 5.41. The largest absolute Gasteiger partial charge is 0.508 e. The van der Waals surface area contributed by atoms with Crippen molar-refractivity contribution in [1.29, 1.82) is 0 Å². The monoisotopic (exact) mass is 430 g/mol. The molecular formula is C23H22N6O3. The number of phenolic OH excluding ortho intramolecular Hbond substituents is 1. The van der Waals surface area contributed by atoms with Gasteiger partial charge in [0, 0.05) is 13.2 Å². The fourth-order valence-corrected chi connectivity index (χ4v) is 3.82. The molecule has 1 aliphatic heterocycles. The summed E-state index contributed by atoms with van der Waals surface area (Å²) in [6, 6.07) is 14.1. The molecule has 1 fully saturated rings. The molecule has 1 aliphatic rings. The summed E-state index contributed by atoms with van der Waals surface area (Å²) in [6.45, 7) is 1.11. The Morgan fingerprint density at radius 1 is 1.25 bits per heavy atom. The predicted molar refractivity (Wildman–Crippen MR) is 122 cm³/mol. The Hall–Kier alpha value is -3.98. The van der Waals surface area contributed by atoms with Crippen LogP contribution in [-0.4, -0.2) is 51.1 Å². The average molecular weight is 430 g/mol. The van der Waals surface area contributed by atoms with E-state index in [1.165, 1.54) is 4.68 Å². The number of carbonyl (C=O) groups excluding carboxylic acids is 1. The number of rotatable bonds is 5. The van der Waals surface area contributed by atoms with E-state index >= 15 is 0 Å². The summed E-state index contributed by atoms with van der Waals surface area (Å²) in [5.41, 5.74) is 9.35. The molecule has 32 heavy (non-hydrogen) atoms. The highest BCUT2D eigenvalue weighted by molar-refractivity contribution is 6.10. The number of phenols is 1. The van der Waals surface area contributed by atoms with E-state index in [2.05, 4.69) is 20.4 Å². The quantitative estimate of drug-likeness (QED) is 0.418. The molecule has 2 aromatic heterocycles. The van der Waals surface area contributed by atoms with Gasteiger partial charge in [-0.2, -0.15) is 9.78 Å². The molecule has 9 heteroatoms. The summed E-state index contributed by atoms with van der Waals surface area (Å²) in [5, 5.41) is 17.0. The van der Waals surface area contributed by atoms with Crippen molar-refractivity contribution in [2.45, 2.75) is 18.9 Å². The van der Waals surface area contributed by atoms with Gasteiger partial charge in [0.15, 0.2) is 5.65 Å². The lowest BCUT2D eigenvalue weighted by molar-refractivity contribution is 0.0859. The molecule has 3 heterocycles. The smallest absolute Gasteiger partial charge is 0.257 e. The van der Waals surface area contributed by atoms with E-state index in [9.17, 15) is 9.90 Å². The minimum atomic E-state index is -0.348. The van der Waals surface area contributed by atoms with E-state index in [-0.39, 0.29) is 29.1 Å². The molecular weight excluding hydrogens is 408 g/mol. The maximum absolute atomic E-state index is 13.1. The molecule has 1 unspecified atom stereocenters. The lowest BCUT2D eigenvalue weighted by atomic mass is 10.2. The molecule has 5 rings (SSSR count). The number of nitrogens with zero attached hydrogens (tertiary/aromatic N) is 4. The number of aromatic hydroxyl groups is 1. The number of hydrogen-bond acceptors (Lipinski definition) is 7. The van der Waals surface area contributed by atoms with Crippen molar-refractivity contribution in [2.24, 2.45) is 5.10 Å². The molecule has 0 saturated carbocycles. The first-order valence-corrected chi connectivity index (χ1v) is 10.4. The Morgan fingerprint density at radius 3 is 2.81 bits per heavy atom. The summed E-state index contributed by atoms with van der Waals surface area (Å²) in [6.07, 6.45) is 3.45. The van der Waals surface area contributed by atoms with E-state index in [1.54, 1.807) is 30.5 Å². The van der Waals surface area contributed by atoms with Gasteiger partial charge >= 0.3 is 0 Å². The fraction of sp³-hybridized carbons (Fsp3) is 0.217. The molecule has 1 saturated heterocycles. The third kappa shape index (κ3) is 3.74. The standard InChI is InChI=1S/C23H22N6O3/c24-21-19(23(31)25-13-16-7-4-10-32-16)20-22(28-18-9-2-1-8-17(18)27-20)29(21)26-12-14-5-3-6-15(30)11-14/h1-3,5-6,8-9,11-12,16,30H,4,7,10,13,24H2,(H,25,31)/b26-12-. The number of anilines is 1. The molecule has 0 spiro atoms. The molecule has 2 aromatic carbocycles. The van der Waals surface area contributed by atoms with Crippen LogP contribution < -0.4 is 11.1 Å². The second-order valence-electron chi connectivity index (χ2n) is 7.64. The van der Waals surface area contributed by atoms with E-state index in [1.807, 2.05) is 24.3 Å². The van der Waals surface area contributed by atoms with Crippen molar-refractivity contribution >= 4 is 40.1 Å². The zero-order chi connectivity index (χ0) is 22.1. The van der Waals surface area contributed by atoms with Crippen LogP contribution in [0.5, 0.6) is 5.75 Å². The summed E-state index contributed by atoms with van der Waals surface area (Å²) in [4.78, 5) is 22.4. The number of carbonyl (C=O) groups is 1. The maximum Gasteiger partial charge on any atom is 0.257 e. The first-order valence-electron chi connectivity index (χ1n) is 10.4. The third-order valence-corrected chi connectivity index (χ3v) is 5.41. The van der Waals surface area contributed by atoms with Crippen molar-refractivity contribution in [1.82, 2.24) is 20.0 Å². The van der Waals surface area contributed by atoms with Gasteiger partial charge in [-0.15, -0.1) is 0 Å². The average Bonchev–Trinajstić information content (AvgIpc) is 3.40. The summed E-state index contributed by atoms with van der Waals surface area (Å²) in [5.74, 6) is -0.0882. The van der Waals surface area contributed by atoms with Crippen LogP contribution in [0.4, 0.5) is 5.82 Å². The number of nitrogens with one attached hydrogen (secondary N) is 1. The molecule has 4 N–H and O–H groups in total. The second-order valence-corrected chi connectivity index (χ2v) is 7.64. The second kappa shape index (κ2) is 8.27. The molecule has 1 atom stereocenters. The number of amides is 1. The van der Waals surface area contributed by atoms with Crippen LogP contribution in [0.3, 0.4) is 0 Å². The van der Waals surface area contributed by atoms with E-state index in [0.717, 1.165) is 12.8 Å². The summed E-state index contributed by atoms with van der Waals surface area (Å²) < 4.78 is 7.00. The van der Waals surface area contributed by atoms with Crippen LogP contribution in [0.1, 0.15) is 28.8 Å². The maximum atomic E-state index is 13.1. The predicted octanol–water partition coefficient (Wildman–Crippen LogP) is 2.66. The van der Waals surface area contributed by atoms with Gasteiger partial charge in [0.2, 0.25) is 0 Å². The molecule has 4 aromatic rings. The number of benzene rings is 2. The van der Waals surface area contributed by atoms with E-state index in [4.69, 9.17) is 10.5 Å². The zero-order valence-corrected chi connectivity index (χ0v) is 17.2. The van der Waals surface area contributed by atoms with Crippen molar-refractivity contribution in [2.75, 3.05) is 18.9 Å². The minimum Gasteiger partial charge on any atom is -0.508 e. The minimum absolute atomic E-state index is 0.00391. The Bertz CT molecular complexity index is 1340. The van der Waals surface area contributed by atoms with Crippen LogP contribution in [0.2, 0.25) is 0 Å². The van der Waals surface area contributed by atoms with Crippen LogP contribution in [-0.2, 0) is 4.74 Å². The van der Waals surface area contributed by atoms with Crippen LogP contribution in [0.25, 0.3) is 22.2 Å². The lowest BCUT2D eigenvalue weighted by Crippen LogP contribution is -2.32. The van der Waals surface area contributed by atoms with Crippen molar-refractivity contribution in [3.05, 3.63) is 59.7 Å². The van der Waals surface area contributed by atoms with Gasteiger partial charge < -0.3 is 20.9 Å². The fourth-order valence-electron chi connectivity index (χ4n) is 3.82. The topological polar surface area (TPSA) is 128 Å². The Balaban J connectivity index is 1.59. The van der Waals surface area contributed by atoms with Crippen LogP contribution in [0, 0.1) is 0 Å². The van der Waals surface area contributed by atoms with Crippen LogP contribution in [0.15, 0.2) is 53.6 Å². The molecule has 0 radical (unpaired) electrons. The van der Waals surface area contributed by atoms with Gasteiger partial charge in [0.05, 0.1) is 23.4 Å². The molecule has 0 aliphatic carbocycles. The number of nitrogens with two attached hydrogens (primary N) is 1. The van der Waals surface area contributed by atoms with Crippen molar-refractivity contribution in [3.8, 4) is 5.75 Å². The van der Waals surface area contributed by atoms with E-state index in [0.29, 0.717) is 40.9 Å². The van der Waals surface area contributed by atoms with Gasteiger partial charge in [0.25, 0.3) is 5.91 Å². The molecule has 1 amide bonds. The Morgan fingerprint density at radius 2 is 2.06 bits per heavy atom. The number of fused-ring (bicyclic) bond motifs is 2. The molecule has 162 valence electrons. The summed E-state index contributed by atoms with van der Waals surface area (Å²) in [7, 11) is 0. The van der Waals surface area contributed by atoms with Gasteiger partial charge in [0.1, 0.15) is 22.6 Å². The SMILES string of the molecule is Nc1c(C(=O)NCC2CCCO2)c2nc3ccccc3nc2n1/N=C\c1cccc(O)c1. The zero-order valence-electron chi connectivity index (χ0n) is 17.2. The first-order chi connectivity index (χ1) is 15.6. The van der Waals surface area contributed by atoms with E-state index < -0.39 is 0 Å². The molecule has 9 nitrogen and oxygen atoms in total. The highest BCUT2D eigenvalue weighted by atomic mass is 16.5. The van der Waals surface area contributed by atoms with Crippen molar-refractivity contribution < 1.29 is 14.6 Å². The highest BCUT2D eigenvalue weighted by Gasteiger charge is 2.25. The first kappa shape index (κ1) is 20.0. The van der Waals surface area contributed by atoms with Gasteiger partial charge in [-0.25, -0.2) is 9.97 Å². The molecule has 0 bridgehead atoms. The van der Waals surface area contributed by atoms with Gasteiger partial charge in [-0.3, -0.25) is 4.79 Å². The number of nitrogen functional groups attached to an aromatic ring is 1. The lowest BCUT2D eigenvalue weighted by Gasteiger charge is -2.10. The van der Waals surface area contributed by atoms with Crippen LogP contribution >= 0.6 is 0 Å². The number of hydrogen-bond donors (Lipinski definition) is 3. The number of ether oxygens (including phenoxy) is 1. The number of aromatic nitrogens is 3. The summed E-state index contributed by atoms with van der Waals surface area (Å²) >= 11 is 0. The van der Waals surface area contributed by atoms with Crippen molar-refractivity contribution in [3.63, 3.8) is 0 Å². The van der Waals surface area contributed by atoms with Gasteiger partial charge in [-0.1, -0.05) is 24.3 Å².